The largest absolute Gasteiger partial charge is 0.352 e. The van der Waals surface area contributed by atoms with Crippen LogP contribution >= 0.6 is 0 Å². The lowest BCUT2D eigenvalue weighted by Crippen LogP contribution is -2.40. The van der Waals surface area contributed by atoms with Crippen LogP contribution in [0.25, 0.3) is 0 Å². The summed E-state index contributed by atoms with van der Waals surface area (Å²) in [7, 11) is 0. The summed E-state index contributed by atoms with van der Waals surface area (Å²) < 4.78 is 0. The van der Waals surface area contributed by atoms with E-state index in [0.29, 0.717) is 12.6 Å². The maximum atomic E-state index is 11.4. The minimum absolute atomic E-state index is 0.226. The number of rotatable bonds is 3. The first kappa shape index (κ1) is 9.00. The molecule has 0 aromatic heterocycles. The molecule has 1 N–H and O–H groups in total. The van der Waals surface area contributed by atoms with Gasteiger partial charge in [-0.25, -0.2) is 0 Å². The van der Waals surface area contributed by atoms with Gasteiger partial charge in [-0.1, -0.05) is 6.42 Å². The maximum Gasteiger partial charge on any atom is 0.234 e. The van der Waals surface area contributed by atoms with Crippen LogP contribution in [-0.2, 0) is 4.79 Å². The molecule has 1 aliphatic heterocycles. The second-order valence-electron chi connectivity index (χ2n) is 4.18. The number of piperidine rings is 1. The van der Waals surface area contributed by atoms with E-state index in [1.807, 2.05) is 0 Å². The summed E-state index contributed by atoms with van der Waals surface area (Å²) >= 11 is 0. The summed E-state index contributed by atoms with van der Waals surface area (Å²) in [5, 5.41) is 3.02. The third kappa shape index (κ3) is 2.99. The van der Waals surface area contributed by atoms with Gasteiger partial charge in [0.05, 0.1) is 6.54 Å². The number of carbonyl (C=O) groups is 1. The minimum atomic E-state index is 0.226. The Morgan fingerprint density at radius 1 is 1.23 bits per heavy atom. The number of carbonyl (C=O) groups excluding carboxylic acids is 1. The Morgan fingerprint density at radius 3 is 2.54 bits per heavy atom. The Morgan fingerprint density at radius 2 is 1.92 bits per heavy atom. The highest BCUT2D eigenvalue weighted by molar-refractivity contribution is 5.78. The van der Waals surface area contributed by atoms with Crippen molar-refractivity contribution in [3.63, 3.8) is 0 Å². The van der Waals surface area contributed by atoms with Gasteiger partial charge in [-0.05, 0) is 38.8 Å². The first-order valence-electron chi connectivity index (χ1n) is 5.36. The third-order valence-corrected chi connectivity index (χ3v) is 2.76. The molecule has 2 rings (SSSR count). The van der Waals surface area contributed by atoms with E-state index >= 15 is 0 Å². The Kier molecular flexibility index (Phi) is 2.83. The van der Waals surface area contributed by atoms with Crippen molar-refractivity contribution >= 4 is 5.91 Å². The van der Waals surface area contributed by atoms with Crippen LogP contribution in [0.5, 0.6) is 0 Å². The highest BCUT2D eigenvalue weighted by Crippen LogP contribution is 2.18. The molecule has 1 aliphatic carbocycles. The fraction of sp³-hybridized carbons (Fsp3) is 0.900. The van der Waals surface area contributed by atoms with Gasteiger partial charge in [0.15, 0.2) is 0 Å². The fourth-order valence-electron chi connectivity index (χ4n) is 1.82. The van der Waals surface area contributed by atoms with Gasteiger partial charge < -0.3 is 5.32 Å². The van der Waals surface area contributed by atoms with Crippen molar-refractivity contribution in [1.82, 2.24) is 10.2 Å². The molecule has 1 amide bonds. The van der Waals surface area contributed by atoms with Gasteiger partial charge in [0.2, 0.25) is 5.91 Å². The summed E-state index contributed by atoms with van der Waals surface area (Å²) in [5.74, 6) is 0.226. The summed E-state index contributed by atoms with van der Waals surface area (Å²) in [6, 6.07) is 0.511. The van der Waals surface area contributed by atoms with Crippen molar-refractivity contribution in [3.8, 4) is 0 Å². The maximum absolute atomic E-state index is 11.4. The monoisotopic (exact) mass is 182 g/mol. The molecule has 1 saturated heterocycles. The topological polar surface area (TPSA) is 32.3 Å². The molecular weight excluding hydrogens is 164 g/mol. The van der Waals surface area contributed by atoms with Crippen LogP contribution in [0, 0.1) is 0 Å². The zero-order valence-electron chi connectivity index (χ0n) is 8.09. The van der Waals surface area contributed by atoms with Gasteiger partial charge in [-0.3, -0.25) is 9.69 Å². The van der Waals surface area contributed by atoms with Gasteiger partial charge in [0.25, 0.3) is 0 Å². The summed E-state index contributed by atoms with van der Waals surface area (Å²) in [5.41, 5.74) is 0. The van der Waals surface area contributed by atoms with Crippen molar-refractivity contribution in [2.24, 2.45) is 0 Å². The van der Waals surface area contributed by atoms with Crippen LogP contribution in [-0.4, -0.2) is 36.5 Å². The van der Waals surface area contributed by atoms with Crippen molar-refractivity contribution < 1.29 is 4.79 Å². The third-order valence-electron chi connectivity index (χ3n) is 2.76. The average molecular weight is 182 g/mol. The molecule has 1 heterocycles. The first-order chi connectivity index (χ1) is 6.34. The highest BCUT2D eigenvalue weighted by Gasteiger charge is 2.24. The molecule has 0 radical (unpaired) electrons. The van der Waals surface area contributed by atoms with E-state index < -0.39 is 0 Å². The zero-order valence-corrected chi connectivity index (χ0v) is 8.09. The molecule has 13 heavy (non-hydrogen) atoms. The van der Waals surface area contributed by atoms with Crippen molar-refractivity contribution in [2.45, 2.75) is 38.1 Å². The van der Waals surface area contributed by atoms with Gasteiger partial charge in [-0.15, -0.1) is 0 Å². The summed E-state index contributed by atoms with van der Waals surface area (Å²) in [4.78, 5) is 13.7. The molecule has 3 heteroatoms. The molecule has 0 atom stereocenters. The molecule has 2 fully saturated rings. The fourth-order valence-corrected chi connectivity index (χ4v) is 1.82. The number of likely N-dealkylation sites (tertiary alicyclic amines) is 1. The number of hydrogen-bond acceptors (Lipinski definition) is 2. The lowest BCUT2D eigenvalue weighted by molar-refractivity contribution is -0.122. The van der Waals surface area contributed by atoms with E-state index in [0.717, 1.165) is 13.1 Å². The number of nitrogens with one attached hydrogen (secondary N) is 1. The van der Waals surface area contributed by atoms with Gasteiger partial charge in [0, 0.05) is 6.04 Å². The van der Waals surface area contributed by atoms with Crippen molar-refractivity contribution in [2.75, 3.05) is 19.6 Å². The smallest absolute Gasteiger partial charge is 0.234 e. The highest BCUT2D eigenvalue weighted by atomic mass is 16.2. The van der Waals surface area contributed by atoms with E-state index in [1.165, 1.54) is 32.1 Å². The molecule has 3 nitrogen and oxygen atoms in total. The Balaban J connectivity index is 1.66. The standard InChI is InChI=1S/C10H18N2O/c13-10(11-9-4-5-9)8-12-6-2-1-3-7-12/h9H,1-8H2,(H,11,13). The van der Waals surface area contributed by atoms with E-state index in [4.69, 9.17) is 0 Å². The quantitative estimate of drug-likeness (QED) is 0.698. The van der Waals surface area contributed by atoms with Crippen molar-refractivity contribution in [1.29, 1.82) is 0 Å². The van der Waals surface area contributed by atoms with E-state index in [1.54, 1.807) is 0 Å². The molecule has 0 bridgehead atoms. The SMILES string of the molecule is O=C(CN1CCCCC1)NC1CC1. The molecule has 0 aromatic carbocycles. The molecule has 0 aromatic rings. The Hall–Kier alpha value is -0.570. The van der Waals surface area contributed by atoms with Gasteiger partial charge in [0.1, 0.15) is 0 Å². The lowest BCUT2D eigenvalue weighted by Gasteiger charge is -2.25. The summed E-state index contributed by atoms with van der Waals surface area (Å²) in [6.45, 7) is 2.84. The van der Waals surface area contributed by atoms with Crippen LogP contribution < -0.4 is 5.32 Å². The Labute approximate surface area is 79.5 Å². The van der Waals surface area contributed by atoms with Crippen molar-refractivity contribution in [3.05, 3.63) is 0 Å². The first-order valence-corrected chi connectivity index (χ1v) is 5.36. The number of amides is 1. The van der Waals surface area contributed by atoms with Crippen LogP contribution in [0.4, 0.5) is 0 Å². The van der Waals surface area contributed by atoms with Crippen LogP contribution in [0.1, 0.15) is 32.1 Å². The molecule has 2 aliphatic rings. The minimum Gasteiger partial charge on any atom is -0.352 e. The number of nitrogens with zero attached hydrogens (tertiary/aromatic N) is 1. The second-order valence-corrected chi connectivity index (χ2v) is 4.18. The van der Waals surface area contributed by atoms with Crippen LogP contribution in [0.15, 0.2) is 0 Å². The predicted molar refractivity (Wildman–Crippen MR) is 51.5 cm³/mol. The normalized spacial score (nSPS) is 24.3. The molecular formula is C10H18N2O. The van der Waals surface area contributed by atoms with E-state index in [-0.39, 0.29) is 5.91 Å². The van der Waals surface area contributed by atoms with E-state index in [9.17, 15) is 4.79 Å². The van der Waals surface area contributed by atoms with Crippen LogP contribution in [0.2, 0.25) is 0 Å². The molecule has 0 spiro atoms. The van der Waals surface area contributed by atoms with E-state index in [2.05, 4.69) is 10.2 Å². The predicted octanol–water partition coefficient (Wildman–Crippen LogP) is 0.751. The molecule has 74 valence electrons. The molecule has 0 unspecified atom stereocenters. The van der Waals surface area contributed by atoms with Gasteiger partial charge >= 0.3 is 0 Å². The Bertz CT molecular complexity index is 183. The second kappa shape index (κ2) is 4.09. The van der Waals surface area contributed by atoms with Gasteiger partial charge in [-0.2, -0.15) is 0 Å². The summed E-state index contributed by atoms with van der Waals surface area (Å²) in [6.07, 6.45) is 6.23. The molecule has 1 saturated carbocycles. The zero-order chi connectivity index (χ0) is 9.10. The number of hydrogen-bond donors (Lipinski definition) is 1. The lowest BCUT2D eigenvalue weighted by atomic mass is 10.1. The average Bonchev–Trinajstić information content (AvgIpc) is 2.90. The van der Waals surface area contributed by atoms with Crippen LogP contribution in [0.3, 0.4) is 0 Å².